The number of hydrogen-bond acceptors (Lipinski definition) is 5. The zero-order valence-corrected chi connectivity index (χ0v) is 12.6. The fourth-order valence-electron chi connectivity index (χ4n) is 2.79. The van der Waals surface area contributed by atoms with E-state index in [1.165, 1.54) is 0 Å². The van der Waals surface area contributed by atoms with E-state index in [9.17, 15) is 4.79 Å². The van der Waals surface area contributed by atoms with Crippen molar-refractivity contribution in [3.63, 3.8) is 0 Å². The molecule has 1 amide bonds. The highest BCUT2D eigenvalue weighted by atomic mass is 16.2. The molecular weight excluding hydrogens is 278 g/mol. The van der Waals surface area contributed by atoms with Crippen LogP contribution in [0.3, 0.4) is 0 Å². The number of hydrogen-bond donors (Lipinski definition) is 1. The third kappa shape index (κ3) is 3.21. The van der Waals surface area contributed by atoms with Crippen LogP contribution in [-0.4, -0.2) is 32.3 Å². The van der Waals surface area contributed by atoms with Gasteiger partial charge in [0.2, 0.25) is 11.9 Å². The van der Waals surface area contributed by atoms with Gasteiger partial charge in [-0.25, -0.2) is 15.0 Å². The Hall–Kier alpha value is -2.50. The van der Waals surface area contributed by atoms with E-state index in [1.54, 1.807) is 19.3 Å². The van der Waals surface area contributed by atoms with Gasteiger partial charge in [-0.15, -0.1) is 0 Å². The number of rotatable bonds is 3. The molecule has 6 nitrogen and oxygen atoms in total. The topological polar surface area (TPSA) is 71.0 Å². The van der Waals surface area contributed by atoms with Crippen molar-refractivity contribution in [1.82, 2.24) is 19.9 Å². The molecule has 0 aromatic carbocycles. The van der Waals surface area contributed by atoms with Crippen LogP contribution in [0.5, 0.6) is 0 Å². The molecule has 0 saturated carbocycles. The van der Waals surface area contributed by atoms with Gasteiger partial charge >= 0.3 is 0 Å². The maximum Gasteiger partial charge on any atom is 0.228 e. The van der Waals surface area contributed by atoms with Crippen LogP contribution in [0, 0.1) is 0 Å². The molecule has 3 rings (SSSR count). The minimum atomic E-state index is 0.0403. The maximum atomic E-state index is 11.8. The van der Waals surface area contributed by atoms with Crippen LogP contribution in [0.15, 0.2) is 36.7 Å². The van der Waals surface area contributed by atoms with Crippen molar-refractivity contribution in [3.05, 3.63) is 42.4 Å². The van der Waals surface area contributed by atoms with Crippen molar-refractivity contribution in [2.24, 2.45) is 0 Å². The molecule has 114 valence electrons. The number of carbonyl (C=O) groups excluding carboxylic acids is 1. The summed E-state index contributed by atoms with van der Waals surface area (Å²) >= 11 is 0. The third-order valence-electron chi connectivity index (χ3n) is 3.83. The highest BCUT2D eigenvalue weighted by Gasteiger charge is 2.27. The van der Waals surface area contributed by atoms with Crippen molar-refractivity contribution >= 4 is 17.7 Å². The summed E-state index contributed by atoms with van der Waals surface area (Å²) in [7, 11) is 0. The number of carbonyl (C=O) groups is 1. The van der Waals surface area contributed by atoms with Gasteiger partial charge in [0.15, 0.2) is 0 Å². The molecule has 0 spiro atoms. The average Bonchev–Trinajstić information content (AvgIpc) is 2.56. The van der Waals surface area contributed by atoms with Crippen molar-refractivity contribution < 1.29 is 4.79 Å². The van der Waals surface area contributed by atoms with Gasteiger partial charge in [-0.3, -0.25) is 4.79 Å². The summed E-state index contributed by atoms with van der Waals surface area (Å²) in [5.74, 6) is 1.31. The Labute approximate surface area is 129 Å². The van der Waals surface area contributed by atoms with Gasteiger partial charge in [0.25, 0.3) is 0 Å². The lowest BCUT2D eigenvalue weighted by atomic mass is 9.99. The molecule has 0 radical (unpaired) electrons. The van der Waals surface area contributed by atoms with E-state index >= 15 is 0 Å². The van der Waals surface area contributed by atoms with Crippen LogP contribution in [0.1, 0.15) is 37.9 Å². The predicted octanol–water partition coefficient (Wildman–Crippen LogP) is 2.69. The molecular formula is C16H19N5O. The highest BCUT2D eigenvalue weighted by Crippen LogP contribution is 2.30. The first-order valence-corrected chi connectivity index (χ1v) is 7.52. The second-order valence-corrected chi connectivity index (χ2v) is 5.37. The normalized spacial score (nSPS) is 18.0. The quantitative estimate of drug-likeness (QED) is 0.943. The van der Waals surface area contributed by atoms with E-state index in [-0.39, 0.29) is 11.9 Å². The first-order chi connectivity index (χ1) is 10.7. The summed E-state index contributed by atoms with van der Waals surface area (Å²) in [6.07, 6.45) is 6.55. The molecule has 2 aromatic rings. The standard InChI is InChI=1S/C16H19N5O/c1-12(22)21-11-5-3-6-14(21)13-8-10-18-16(19-13)20-15-7-2-4-9-17-15/h2,4,7-10,14H,3,5-6,11H2,1H3,(H,17,18,19,20). The Balaban J connectivity index is 1.82. The average molecular weight is 297 g/mol. The zero-order chi connectivity index (χ0) is 15.4. The predicted molar refractivity (Wildman–Crippen MR) is 83.5 cm³/mol. The van der Waals surface area contributed by atoms with Crippen molar-refractivity contribution in [2.45, 2.75) is 32.2 Å². The molecule has 1 atom stereocenters. The molecule has 2 aromatic heterocycles. The maximum absolute atomic E-state index is 11.8. The fraction of sp³-hybridized carbons (Fsp3) is 0.375. The van der Waals surface area contributed by atoms with Crippen molar-refractivity contribution in [3.8, 4) is 0 Å². The molecule has 1 saturated heterocycles. The summed E-state index contributed by atoms with van der Waals surface area (Å²) in [4.78, 5) is 26.7. The Bertz CT molecular complexity index is 646. The van der Waals surface area contributed by atoms with E-state index in [1.807, 2.05) is 29.2 Å². The lowest BCUT2D eigenvalue weighted by Crippen LogP contribution is -2.37. The lowest BCUT2D eigenvalue weighted by Gasteiger charge is -2.34. The second-order valence-electron chi connectivity index (χ2n) is 5.37. The molecule has 1 fully saturated rings. The largest absolute Gasteiger partial charge is 0.334 e. The summed E-state index contributed by atoms with van der Waals surface area (Å²) in [5.41, 5.74) is 0.878. The smallest absolute Gasteiger partial charge is 0.228 e. The SMILES string of the molecule is CC(=O)N1CCCCC1c1ccnc(Nc2ccccn2)n1. The summed E-state index contributed by atoms with van der Waals surface area (Å²) < 4.78 is 0. The number of pyridine rings is 1. The Morgan fingerprint density at radius 2 is 2.14 bits per heavy atom. The first-order valence-electron chi connectivity index (χ1n) is 7.52. The van der Waals surface area contributed by atoms with Gasteiger partial charge in [0.1, 0.15) is 5.82 Å². The Kier molecular flexibility index (Phi) is 4.27. The minimum Gasteiger partial charge on any atom is -0.334 e. The summed E-state index contributed by atoms with van der Waals surface area (Å²) in [6, 6.07) is 7.54. The number of anilines is 2. The van der Waals surface area contributed by atoms with E-state index in [2.05, 4.69) is 20.3 Å². The molecule has 1 aliphatic heterocycles. The molecule has 3 heterocycles. The van der Waals surface area contributed by atoms with Crippen molar-refractivity contribution in [2.75, 3.05) is 11.9 Å². The number of piperidine rings is 1. The van der Waals surface area contributed by atoms with E-state index in [0.29, 0.717) is 11.8 Å². The van der Waals surface area contributed by atoms with E-state index < -0.39 is 0 Å². The monoisotopic (exact) mass is 297 g/mol. The van der Waals surface area contributed by atoms with Gasteiger partial charge in [-0.1, -0.05) is 6.07 Å². The molecule has 6 heteroatoms. The summed E-state index contributed by atoms with van der Waals surface area (Å²) in [5, 5.41) is 3.09. The van der Waals surface area contributed by atoms with Gasteiger partial charge in [0.05, 0.1) is 11.7 Å². The van der Waals surface area contributed by atoms with Crippen LogP contribution in [0.4, 0.5) is 11.8 Å². The molecule has 0 bridgehead atoms. The zero-order valence-electron chi connectivity index (χ0n) is 12.6. The number of amides is 1. The second kappa shape index (κ2) is 6.51. The number of nitrogens with zero attached hydrogens (tertiary/aromatic N) is 4. The van der Waals surface area contributed by atoms with Gasteiger partial charge in [-0.05, 0) is 37.5 Å². The van der Waals surface area contributed by atoms with Crippen LogP contribution >= 0.6 is 0 Å². The fourth-order valence-corrected chi connectivity index (χ4v) is 2.79. The lowest BCUT2D eigenvalue weighted by molar-refractivity contribution is -0.132. The molecule has 22 heavy (non-hydrogen) atoms. The molecule has 1 N–H and O–H groups in total. The first kappa shape index (κ1) is 14.4. The summed E-state index contributed by atoms with van der Waals surface area (Å²) in [6.45, 7) is 2.42. The van der Waals surface area contributed by atoms with Crippen LogP contribution in [0.25, 0.3) is 0 Å². The number of nitrogens with one attached hydrogen (secondary N) is 1. The Morgan fingerprint density at radius 1 is 1.23 bits per heavy atom. The number of aromatic nitrogens is 3. The van der Waals surface area contributed by atoms with Gasteiger partial charge in [0, 0.05) is 25.9 Å². The van der Waals surface area contributed by atoms with Crippen LogP contribution in [0.2, 0.25) is 0 Å². The van der Waals surface area contributed by atoms with Crippen LogP contribution < -0.4 is 5.32 Å². The van der Waals surface area contributed by atoms with E-state index in [0.717, 1.165) is 31.5 Å². The highest BCUT2D eigenvalue weighted by molar-refractivity contribution is 5.73. The Morgan fingerprint density at radius 3 is 2.91 bits per heavy atom. The molecule has 1 unspecified atom stereocenters. The van der Waals surface area contributed by atoms with Crippen LogP contribution in [-0.2, 0) is 4.79 Å². The van der Waals surface area contributed by atoms with Gasteiger partial charge in [-0.2, -0.15) is 0 Å². The third-order valence-corrected chi connectivity index (χ3v) is 3.83. The van der Waals surface area contributed by atoms with Crippen molar-refractivity contribution in [1.29, 1.82) is 0 Å². The van der Waals surface area contributed by atoms with E-state index in [4.69, 9.17) is 0 Å². The number of likely N-dealkylation sites (tertiary alicyclic amines) is 1. The molecule has 0 aliphatic carbocycles. The van der Waals surface area contributed by atoms with Gasteiger partial charge < -0.3 is 10.2 Å². The minimum absolute atomic E-state index is 0.0403. The molecule has 1 aliphatic rings.